The molecule has 0 aliphatic carbocycles. The van der Waals surface area contributed by atoms with E-state index in [0.717, 1.165) is 10.4 Å². The average Bonchev–Trinajstić information content (AvgIpc) is 2.92. The molecule has 19 heavy (non-hydrogen) atoms. The number of carbonyl (C=O) groups is 2. The molecule has 6 heteroatoms. The third-order valence-electron chi connectivity index (χ3n) is 3.04. The maximum absolute atomic E-state index is 12.1. The first kappa shape index (κ1) is 14.1. The zero-order valence-electron chi connectivity index (χ0n) is 10.7. The predicted molar refractivity (Wildman–Crippen MR) is 78.3 cm³/mol. The molecule has 1 fully saturated rings. The van der Waals surface area contributed by atoms with Crippen LogP contribution in [0.1, 0.15) is 17.4 Å². The van der Waals surface area contributed by atoms with Crippen LogP contribution in [0, 0.1) is 6.92 Å². The fraction of sp³-hybridized carbons (Fsp3) is 0.385. The second kappa shape index (κ2) is 5.79. The summed E-state index contributed by atoms with van der Waals surface area (Å²) in [7, 11) is 0. The number of rotatable bonds is 3. The standard InChI is InChI=1S/C13H15NO3S2/c1-8-5-6-18-11(8)3-4-12(15)14-9(2)19-7-10(14)13(16)17/h3-6,9-10H,7H2,1-2H3,(H,16,17). The second-order valence-corrected chi connectivity index (χ2v) is 6.63. The van der Waals surface area contributed by atoms with E-state index < -0.39 is 12.0 Å². The van der Waals surface area contributed by atoms with Gasteiger partial charge in [0.05, 0.1) is 5.37 Å². The van der Waals surface area contributed by atoms with Crippen LogP contribution in [-0.2, 0) is 9.59 Å². The Balaban J connectivity index is 2.12. The molecule has 2 unspecified atom stereocenters. The quantitative estimate of drug-likeness (QED) is 0.871. The number of thioether (sulfide) groups is 1. The van der Waals surface area contributed by atoms with Crippen molar-refractivity contribution >= 4 is 41.1 Å². The van der Waals surface area contributed by atoms with Gasteiger partial charge in [0.25, 0.3) is 0 Å². The largest absolute Gasteiger partial charge is 0.480 e. The number of nitrogens with zero attached hydrogens (tertiary/aromatic N) is 1. The number of hydrogen-bond donors (Lipinski definition) is 1. The van der Waals surface area contributed by atoms with Gasteiger partial charge in [0.2, 0.25) is 5.91 Å². The fourth-order valence-corrected chi connectivity index (χ4v) is 3.95. The lowest BCUT2D eigenvalue weighted by Gasteiger charge is -2.23. The minimum atomic E-state index is -0.939. The minimum Gasteiger partial charge on any atom is -0.480 e. The van der Waals surface area contributed by atoms with Crippen molar-refractivity contribution in [3.05, 3.63) is 28.0 Å². The summed E-state index contributed by atoms with van der Waals surface area (Å²) in [4.78, 5) is 25.7. The number of aliphatic carboxylic acids is 1. The Morgan fingerprint density at radius 1 is 1.53 bits per heavy atom. The van der Waals surface area contributed by atoms with Crippen LogP contribution in [-0.4, -0.2) is 39.1 Å². The van der Waals surface area contributed by atoms with Gasteiger partial charge in [-0.05, 0) is 36.9 Å². The summed E-state index contributed by atoms with van der Waals surface area (Å²) < 4.78 is 0. The molecule has 1 saturated heterocycles. The van der Waals surface area contributed by atoms with Gasteiger partial charge >= 0.3 is 5.97 Å². The van der Waals surface area contributed by atoms with Crippen LogP contribution in [0.25, 0.3) is 6.08 Å². The van der Waals surface area contributed by atoms with Gasteiger partial charge in [0.1, 0.15) is 6.04 Å². The van der Waals surface area contributed by atoms with Crippen LogP contribution in [0.15, 0.2) is 17.5 Å². The highest BCUT2D eigenvalue weighted by Crippen LogP contribution is 2.29. The van der Waals surface area contributed by atoms with Gasteiger partial charge < -0.3 is 10.0 Å². The molecule has 0 saturated carbocycles. The first-order valence-corrected chi connectivity index (χ1v) is 7.82. The van der Waals surface area contributed by atoms with Gasteiger partial charge in [0, 0.05) is 16.7 Å². The fourth-order valence-electron chi connectivity index (χ4n) is 1.96. The van der Waals surface area contributed by atoms with Crippen molar-refractivity contribution in [3.8, 4) is 0 Å². The van der Waals surface area contributed by atoms with Gasteiger partial charge in [-0.1, -0.05) is 0 Å². The van der Waals surface area contributed by atoms with Crippen molar-refractivity contribution in [3.63, 3.8) is 0 Å². The van der Waals surface area contributed by atoms with Crippen molar-refractivity contribution in [1.82, 2.24) is 4.90 Å². The lowest BCUT2D eigenvalue weighted by Crippen LogP contribution is -2.43. The van der Waals surface area contributed by atoms with E-state index in [0.29, 0.717) is 5.75 Å². The van der Waals surface area contributed by atoms with E-state index in [4.69, 9.17) is 5.11 Å². The summed E-state index contributed by atoms with van der Waals surface area (Å²) in [6.07, 6.45) is 3.23. The molecular formula is C13H15NO3S2. The molecule has 2 atom stereocenters. The van der Waals surface area contributed by atoms with E-state index >= 15 is 0 Å². The van der Waals surface area contributed by atoms with Crippen LogP contribution in [0.3, 0.4) is 0 Å². The van der Waals surface area contributed by atoms with Crippen molar-refractivity contribution in [1.29, 1.82) is 0 Å². The molecule has 4 nitrogen and oxygen atoms in total. The SMILES string of the molecule is Cc1ccsc1C=CC(=O)N1C(C)SCC1C(=O)O. The Morgan fingerprint density at radius 2 is 2.26 bits per heavy atom. The van der Waals surface area contributed by atoms with Gasteiger partial charge in [-0.2, -0.15) is 0 Å². The van der Waals surface area contributed by atoms with Gasteiger partial charge in [-0.25, -0.2) is 4.79 Å². The zero-order chi connectivity index (χ0) is 14.0. The van der Waals surface area contributed by atoms with E-state index in [9.17, 15) is 9.59 Å². The third kappa shape index (κ3) is 3.01. The van der Waals surface area contributed by atoms with Crippen LogP contribution in [0.4, 0.5) is 0 Å². The third-order valence-corrected chi connectivity index (χ3v) is 5.24. The topological polar surface area (TPSA) is 57.6 Å². The Bertz CT molecular complexity index is 524. The molecule has 2 rings (SSSR count). The zero-order valence-corrected chi connectivity index (χ0v) is 12.3. The molecule has 1 amide bonds. The summed E-state index contributed by atoms with van der Waals surface area (Å²) in [5, 5.41) is 11.0. The Labute approximate surface area is 120 Å². The number of carboxylic acid groups (broad SMARTS) is 1. The number of amides is 1. The summed E-state index contributed by atoms with van der Waals surface area (Å²) in [6.45, 7) is 3.84. The molecule has 2 heterocycles. The Morgan fingerprint density at radius 3 is 2.84 bits per heavy atom. The molecule has 1 aliphatic heterocycles. The average molecular weight is 297 g/mol. The Hall–Kier alpha value is -1.27. The lowest BCUT2D eigenvalue weighted by atomic mass is 10.2. The molecule has 0 spiro atoms. The number of aryl methyl sites for hydroxylation is 1. The molecule has 0 bridgehead atoms. The van der Waals surface area contributed by atoms with Crippen LogP contribution < -0.4 is 0 Å². The highest BCUT2D eigenvalue weighted by Gasteiger charge is 2.38. The van der Waals surface area contributed by atoms with Crippen LogP contribution in [0.5, 0.6) is 0 Å². The first-order valence-electron chi connectivity index (χ1n) is 5.89. The van der Waals surface area contributed by atoms with Gasteiger partial charge in [-0.15, -0.1) is 23.1 Å². The van der Waals surface area contributed by atoms with Crippen molar-refractivity contribution < 1.29 is 14.7 Å². The summed E-state index contributed by atoms with van der Waals surface area (Å²) >= 11 is 3.05. The number of thiophene rings is 1. The van der Waals surface area contributed by atoms with Crippen molar-refractivity contribution in [2.24, 2.45) is 0 Å². The van der Waals surface area contributed by atoms with Crippen LogP contribution >= 0.6 is 23.1 Å². The second-order valence-electron chi connectivity index (χ2n) is 4.33. The highest BCUT2D eigenvalue weighted by atomic mass is 32.2. The van der Waals surface area contributed by atoms with E-state index in [2.05, 4.69) is 0 Å². The smallest absolute Gasteiger partial charge is 0.327 e. The van der Waals surface area contributed by atoms with E-state index in [-0.39, 0.29) is 11.3 Å². The molecule has 1 aromatic heterocycles. The molecule has 1 N–H and O–H groups in total. The summed E-state index contributed by atoms with van der Waals surface area (Å²) in [6, 6.07) is 1.27. The predicted octanol–water partition coefficient (Wildman–Crippen LogP) is 2.44. The number of carboxylic acids is 1. The minimum absolute atomic E-state index is 0.0947. The molecule has 1 aliphatic rings. The normalized spacial score (nSPS) is 23.2. The van der Waals surface area contributed by atoms with Crippen molar-refractivity contribution in [2.45, 2.75) is 25.3 Å². The molecule has 0 radical (unpaired) electrons. The first-order chi connectivity index (χ1) is 9.00. The monoisotopic (exact) mass is 297 g/mol. The molecular weight excluding hydrogens is 282 g/mol. The lowest BCUT2D eigenvalue weighted by molar-refractivity contribution is -0.147. The van der Waals surface area contributed by atoms with Gasteiger partial charge in [-0.3, -0.25) is 4.79 Å². The van der Waals surface area contributed by atoms with E-state index in [1.54, 1.807) is 17.4 Å². The summed E-state index contributed by atoms with van der Waals surface area (Å²) in [5.74, 6) is -0.725. The van der Waals surface area contributed by atoms with Crippen molar-refractivity contribution in [2.75, 3.05) is 5.75 Å². The molecule has 1 aromatic rings. The number of hydrogen-bond acceptors (Lipinski definition) is 4. The maximum atomic E-state index is 12.1. The van der Waals surface area contributed by atoms with E-state index in [1.165, 1.54) is 22.7 Å². The highest BCUT2D eigenvalue weighted by molar-refractivity contribution is 8.00. The van der Waals surface area contributed by atoms with Gasteiger partial charge in [0.15, 0.2) is 0 Å². The maximum Gasteiger partial charge on any atom is 0.327 e. The Kier molecular flexibility index (Phi) is 4.31. The molecule has 102 valence electrons. The summed E-state index contributed by atoms with van der Waals surface area (Å²) in [5.41, 5.74) is 1.12. The number of carbonyl (C=O) groups excluding carboxylic acids is 1. The van der Waals surface area contributed by atoms with Crippen LogP contribution in [0.2, 0.25) is 0 Å². The molecule has 0 aromatic carbocycles. The van der Waals surface area contributed by atoms with E-state index in [1.807, 2.05) is 25.3 Å².